The molecule has 0 spiro atoms. The predicted molar refractivity (Wildman–Crippen MR) is 70.2 cm³/mol. The van der Waals surface area contributed by atoms with Crippen molar-refractivity contribution >= 4 is 43.5 Å². The Kier molecular flexibility index (Phi) is 5.07. The van der Waals surface area contributed by atoms with Gasteiger partial charge in [0.15, 0.2) is 0 Å². The summed E-state index contributed by atoms with van der Waals surface area (Å²) < 4.78 is 14.3. The van der Waals surface area contributed by atoms with E-state index in [1.54, 1.807) is 6.07 Å². The van der Waals surface area contributed by atoms with Gasteiger partial charge < -0.3 is 0 Å². The third kappa shape index (κ3) is 3.18. The third-order valence-electron chi connectivity index (χ3n) is 2.48. The molecule has 0 aliphatic carbocycles. The molecule has 4 heteroatoms. The van der Waals surface area contributed by atoms with Crippen LogP contribution < -0.4 is 0 Å². The number of alkyl halides is 1. The molecule has 0 nitrogen and oxygen atoms in total. The summed E-state index contributed by atoms with van der Waals surface area (Å²) in [6.07, 6.45) is 0.989. The largest absolute Gasteiger partial charge is 0.207 e. The molecular weight excluding hydrogens is 346 g/mol. The molecular formula is C11H12Br2ClF. The van der Waals surface area contributed by atoms with E-state index in [1.807, 2.05) is 0 Å². The molecule has 15 heavy (non-hydrogen) atoms. The van der Waals surface area contributed by atoms with Crippen LogP contribution in [0.5, 0.6) is 0 Å². The Labute approximate surface area is 111 Å². The van der Waals surface area contributed by atoms with E-state index in [1.165, 1.54) is 6.07 Å². The van der Waals surface area contributed by atoms with E-state index in [-0.39, 0.29) is 10.6 Å². The van der Waals surface area contributed by atoms with E-state index >= 15 is 0 Å². The average Bonchev–Trinajstić information content (AvgIpc) is 2.21. The number of benzene rings is 1. The van der Waals surface area contributed by atoms with Crippen molar-refractivity contribution in [1.82, 2.24) is 0 Å². The molecule has 0 heterocycles. The molecule has 0 bridgehead atoms. The Balaban J connectivity index is 3.09. The van der Waals surface area contributed by atoms with Gasteiger partial charge in [0, 0.05) is 14.9 Å². The zero-order chi connectivity index (χ0) is 11.6. The smallest absolute Gasteiger partial charge is 0.128 e. The Morgan fingerprint density at radius 1 is 1.47 bits per heavy atom. The van der Waals surface area contributed by atoms with Gasteiger partial charge >= 0.3 is 0 Å². The van der Waals surface area contributed by atoms with E-state index in [2.05, 4.69) is 45.7 Å². The van der Waals surface area contributed by atoms with Crippen molar-refractivity contribution in [3.63, 3.8) is 0 Å². The van der Waals surface area contributed by atoms with Crippen LogP contribution in [-0.2, 0) is 0 Å². The van der Waals surface area contributed by atoms with Crippen molar-refractivity contribution in [3.05, 3.63) is 33.0 Å². The summed E-state index contributed by atoms with van der Waals surface area (Å²) in [7, 11) is 0. The van der Waals surface area contributed by atoms with Crippen molar-refractivity contribution in [2.45, 2.75) is 25.1 Å². The normalized spacial score (nSPS) is 15.1. The zero-order valence-electron chi connectivity index (χ0n) is 8.53. The molecule has 0 radical (unpaired) electrons. The van der Waals surface area contributed by atoms with Crippen LogP contribution in [0.1, 0.15) is 30.7 Å². The van der Waals surface area contributed by atoms with Crippen molar-refractivity contribution in [3.8, 4) is 0 Å². The first-order chi connectivity index (χ1) is 6.97. The van der Waals surface area contributed by atoms with Crippen LogP contribution in [0.15, 0.2) is 16.6 Å². The number of hydrogen-bond acceptors (Lipinski definition) is 0. The molecule has 0 saturated heterocycles. The summed E-state index contributed by atoms with van der Waals surface area (Å²) in [6, 6.07) is 3.08. The van der Waals surface area contributed by atoms with Crippen LogP contribution in [0.2, 0.25) is 5.02 Å². The Morgan fingerprint density at radius 3 is 2.60 bits per heavy atom. The van der Waals surface area contributed by atoms with Crippen LogP contribution in [0, 0.1) is 11.7 Å². The first kappa shape index (κ1) is 13.5. The minimum absolute atomic E-state index is 0.00750. The lowest BCUT2D eigenvalue weighted by Crippen LogP contribution is -2.04. The van der Waals surface area contributed by atoms with Crippen LogP contribution in [0.3, 0.4) is 0 Å². The monoisotopic (exact) mass is 356 g/mol. The van der Waals surface area contributed by atoms with Crippen LogP contribution >= 0.6 is 43.5 Å². The van der Waals surface area contributed by atoms with Crippen LogP contribution in [0.4, 0.5) is 4.39 Å². The number of hydrogen-bond donors (Lipinski definition) is 0. The second kappa shape index (κ2) is 5.65. The van der Waals surface area contributed by atoms with Crippen molar-refractivity contribution < 1.29 is 4.39 Å². The first-order valence-electron chi connectivity index (χ1n) is 4.75. The van der Waals surface area contributed by atoms with Gasteiger partial charge in [-0.05, 0) is 34.0 Å². The van der Waals surface area contributed by atoms with Gasteiger partial charge in [-0.1, -0.05) is 47.8 Å². The molecule has 2 unspecified atom stereocenters. The maximum absolute atomic E-state index is 13.7. The summed E-state index contributed by atoms with van der Waals surface area (Å²) >= 11 is 12.6. The zero-order valence-corrected chi connectivity index (χ0v) is 12.5. The third-order valence-corrected chi connectivity index (χ3v) is 5.07. The fraction of sp³-hybridized carbons (Fsp3) is 0.455. The maximum atomic E-state index is 13.7. The maximum Gasteiger partial charge on any atom is 0.128 e. The molecule has 84 valence electrons. The van der Waals surface area contributed by atoms with Crippen molar-refractivity contribution in [1.29, 1.82) is 0 Å². The summed E-state index contributed by atoms with van der Waals surface area (Å²) in [5.41, 5.74) is 0.623. The lowest BCUT2D eigenvalue weighted by atomic mass is 9.98. The second-order valence-electron chi connectivity index (χ2n) is 3.58. The molecule has 2 atom stereocenters. The minimum Gasteiger partial charge on any atom is -0.207 e. The molecule has 0 aliphatic rings. The number of rotatable bonds is 3. The lowest BCUT2D eigenvalue weighted by Gasteiger charge is -2.18. The second-order valence-corrected chi connectivity index (χ2v) is 5.82. The van der Waals surface area contributed by atoms with Gasteiger partial charge in [-0.25, -0.2) is 4.39 Å². The van der Waals surface area contributed by atoms with E-state index in [0.717, 1.165) is 6.42 Å². The Bertz CT molecular complexity index is 355. The van der Waals surface area contributed by atoms with Crippen LogP contribution in [-0.4, -0.2) is 0 Å². The molecule has 1 aromatic rings. The SMILES string of the molecule is CCC(C)C(Br)c1cc(Cl)c(Br)cc1F. The standard InChI is InChI=1S/C11H12Br2ClF/c1-3-6(2)11(13)7-4-9(14)8(12)5-10(7)15/h4-6,11H,3H2,1-2H3. The van der Waals surface area contributed by atoms with E-state index < -0.39 is 0 Å². The van der Waals surface area contributed by atoms with Crippen LogP contribution in [0.25, 0.3) is 0 Å². The van der Waals surface area contributed by atoms with Gasteiger partial charge in [0.25, 0.3) is 0 Å². The quantitative estimate of drug-likeness (QED) is 0.478. The highest BCUT2D eigenvalue weighted by molar-refractivity contribution is 9.10. The molecule has 0 N–H and O–H groups in total. The van der Waals surface area contributed by atoms with Gasteiger partial charge in [-0.15, -0.1) is 0 Å². The highest BCUT2D eigenvalue weighted by Crippen LogP contribution is 2.37. The lowest BCUT2D eigenvalue weighted by molar-refractivity contribution is 0.527. The molecule has 1 rings (SSSR count). The Morgan fingerprint density at radius 2 is 2.07 bits per heavy atom. The molecule has 0 saturated carbocycles. The van der Waals surface area contributed by atoms with E-state index in [9.17, 15) is 4.39 Å². The summed E-state index contributed by atoms with van der Waals surface area (Å²) in [4.78, 5) is 0.00750. The van der Waals surface area contributed by atoms with Gasteiger partial charge in [-0.3, -0.25) is 0 Å². The fourth-order valence-corrected chi connectivity index (χ4v) is 2.47. The molecule has 0 aromatic heterocycles. The highest BCUT2D eigenvalue weighted by Gasteiger charge is 2.19. The van der Waals surface area contributed by atoms with Crippen molar-refractivity contribution in [2.24, 2.45) is 5.92 Å². The number of halogens is 4. The van der Waals surface area contributed by atoms with E-state index in [4.69, 9.17) is 11.6 Å². The minimum atomic E-state index is -0.228. The molecule has 1 aromatic carbocycles. The summed E-state index contributed by atoms with van der Waals surface area (Å²) in [5, 5.41) is 0.541. The van der Waals surface area contributed by atoms with Gasteiger partial charge in [-0.2, -0.15) is 0 Å². The van der Waals surface area contributed by atoms with Gasteiger partial charge in [0.2, 0.25) is 0 Å². The fourth-order valence-electron chi connectivity index (χ4n) is 1.26. The summed E-state index contributed by atoms with van der Waals surface area (Å²) in [6.45, 7) is 4.16. The molecule has 0 aliphatic heterocycles. The van der Waals surface area contributed by atoms with E-state index in [0.29, 0.717) is 21.0 Å². The topological polar surface area (TPSA) is 0 Å². The first-order valence-corrected chi connectivity index (χ1v) is 6.84. The van der Waals surface area contributed by atoms with Gasteiger partial charge in [0.05, 0.1) is 5.02 Å². The molecule has 0 amide bonds. The van der Waals surface area contributed by atoms with Gasteiger partial charge in [0.1, 0.15) is 5.82 Å². The Hall–Kier alpha value is 0.400. The predicted octanol–water partition coefficient (Wildman–Crippen LogP) is 5.72. The highest BCUT2D eigenvalue weighted by atomic mass is 79.9. The average molecular weight is 358 g/mol. The molecule has 0 fully saturated rings. The summed E-state index contributed by atoms with van der Waals surface area (Å²) in [5.74, 6) is 0.144. The van der Waals surface area contributed by atoms with Crippen molar-refractivity contribution in [2.75, 3.05) is 0 Å².